The Morgan fingerprint density at radius 1 is 1.12 bits per heavy atom. The summed E-state index contributed by atoms with van der Waals surface area (Å²) in [6, 6.07) is 2.74. The Bertz CT molecular complexity index is 511. The van der Waals surface area contributed by atoms with Crippen LogP contribution in [0.25, 0.3) is 0 Å². The normalized spacial score (nSPS) is 12.5. The van der Waals surface area contributed by atoms with Crippen molar-refractivity contribution < 1.29 is 17.6 Å². The third kappa shape index (κ3) is 2.43. The summed E-state index contributed by atoms with van der Waals surface area (Å²) < 4.78 is 43.9. The Morgan fingerprint density at radius 2 is 1.82 bits per heavy atom. The number of halogens is 3. The Labute approximate surface area is 96.1 Å². The second-order valence-electron chi connectivity index (χ2n) is 3.67. The molecule has 2 aromatic rings. The molecule has 0 saturated carbocycles. The molecule has 1 atom stereocenters. The highest BCUT2D eigenvalue weighted by molar-refractivity contribution is 5.47. The van der Waals surface area contributed by atoms with Crippen molar-refractivity contribution in [3.63, 3.8) is 0 Å². The molecule has 0 aliphatic carbocycles. The first kappa shape index (κ1) is 11.6. The highest BCUT2D eigenvalue weighted by atomic mass is 19.2. The van der Waals surface area contributed by atoms with Crippen LogP contribution in [0.1, 0.15) is 18.5 Å². The summed E-state index contributed by atoms with van der Waals surface area (Å²) in [5.74, 6) is -3.13. The van der Waals surface area contributed by atoms with Crippen LogP contribution < -0.4 is 5.32 Å². The van der Waals surface area contributed by atoms with Crippen molar-refractivity contribution in [3.05, 3.63) is 53.7 Å². The molecule has 1 heterocycles. The smallest absolute Gasteiger partial charge is 0.161 e. The predicted octanol–water partition coefficient (Wildman–Crippen LogP) is 3.87. The van der Waals surface area contributed by atoms with E-state index in [0.717, 1.165) is 11.6 Å². The van der Waals surface area contributed by atoms with Crippen molar-refractivity contribution in [2.75, 3.05) is 5.32 Å². The molecule has 1 aromatic heterocycles. The summed E-state index contributed by atoms with van der Waals surface area (Å²) in [7, 11) is 0. The summed E-state index contributed by atoms with van der Waals surface area (Å²) >= 11 is 0. The first-order valence-electron chi connectivity index (χ1n) is 5.01. The first-order chi connectivity index (χ1) is 8.08. The molecule has 0 aliphatic rings. The van der Waals surface area contributed by atoms with E-state index in [1.165, 1.54) is 12.5 Å². The molecule has 0 aliphatic heterocycles. The van der Waals surface area contributed by atoms with E-state index in [1.54, 1.807) is 13.0 Å². The highest BCUT2D eigenvalue weighted by Gasteiger charge is 2.13. The van der Waals surface area contributed by atoms with E-state index in [2.05, 4.69) is 5.32 Å². The first-order valence-corrected chi connectivity index (χ1v) is 5.01. The minimum absolute atomic E-state index is 0.0856. The van der Waals surface area contributed by atoms with Crippen LogP contribution in [-0.4, -0.2) is 0 Å². The van der Waals surface area contributed by atoms with Gasteiger partial charge in [0.25, 0.3) is 0 Å². The topological polar surface area (TPSA) is 25.2 Å². The molecular weight excluding hydrogens is 231 g/mol. The fourth-order valence-electron chi connectivity index (χ4n) is 1.47. The van der Waals surface area contributed by atoms with Gasteiger partial charge in [0.2, 0.25) is 0 Å². The van der Waals surface area contributed by atoms with Gasteiger partial charge in [-0.25, -0.2) is 13.2 Å². The maximum atomic E-state index is 13.3. The molecule has 1 aromatic carbocycles. The summed E-state index contributed by atoms with van der Waals surface area (Å²) in [4.78, 5) is 0. The lowest BCUT2D eigenvalue weighted by atomic mass is 10.1. The van der Waals surface area contributed by atoms with E-state index in [-0.39, 0.29) is 11.7 Å². The summed E-state index contributed by atoms with van der Waals surface area (Å²) in [5, 5.41) is 2.74. The van der Waals surface area contributed by atoms with Gasteiger partial charge >= 0.3 is 0 Å². The fraction of sp³-hybridized carbons (Fsp3) is 0.167. The van der Waals surface area contributed by atoms with E-state index in [9.17, 15) is 13.2 Å². The highest BCUT2D eigenvalue weighted by Crippen LogP contribution is 2.23. The fourth-order valence-corrected chi connectivity index (χ4v) is 1.47. The molecule has 0 bridgehead atoms. The number of rotatable bonds is 3. The van der Waals surface area contributed by atoms with Crippen molar-refractivity contribution in [1.82, 2.24) is 0 Å². The number of nitrogens with one attached hydrogen (secondary N) is 1. The standard InChI is InChI=1S/C12H10F3NO/c1-7(8-2-3-17-6-8)16-12-5-10(14)9(13)4-11(12)15/h2-7,16H,1H3. The molecule has 0 spiro atoms. The zero-order valence-corrected chi connectivity index (χ0v) is 9.01. The van der Waals surface area contributed by atoms with Gasteiger partial charge in [-0.15, -0.1) is 0 Å². The van der Waals surface area contributed by atoms with E-state index in [0.29, 0.717) is 6.07 Å². The maximum Gasteiger partial charge on any atom is 0.161 e. The molecule has 0 radical (unpaired) electrons. The van der Waals surface area contributed by atoms with Gasteiger partial charge in [-0.3, -0.25) is 0 Å². The van der Waals surface area contributed by atoms with Crippen LogP contribution in [0.15, 0.2) is 35.1 Å². The van der Waals surface area contributed by atoms with E-state index in [4.69, 9.17) is 4.42 Å². The molecule has 90 valence electrons. The Kier molecular flexibility index (Phi) is 3.08. The average molecular weight is 241 g/mol. The van der Waals surface area contributed by atoms with Gasteiger partial charge in [-0.05, 0) is 13.0 Å². The van der Waals surface area contributed by atoms with Crippen LogP contribution in [0.3, 0.4) is 0 Å². The van der Waals surface area contributed by atoms with E-state index in [1.807, 2.05) is 0 Å². The molecule has 0 saturated heterocycles. The van der Waals surface area contributed by atoms with Crippen LogP contribution in [-0.2, 0) is 0 Å². The molecule has 1 N–H and O–H groups in total. The van der Waals surface area contributed by atoms with Crippen LogP contribution in [0.4, 0.5) is 18.9 Å². The molecule has 0 amide bonds. The summed E-state index contributed by atoms with van der Waals surface area (Å²) in [5.41, 5.74) is 0.701. The lowest BCUT2D eigenvalue weighted by Crippen LogP contribution is -2.08. The average Bonchev–Trinajstić information content (AvgIpc) is 2.79. The minimum atomic E-state index is -1.20. The Hall–Kier alpha value is -1.91. The maximum absolute atomic E-state index is 13.3. The number of hydrogen-bond acceptors (Lipinski definition) is 2. The third-order valence-corrected chi connectivity index (χ3v) is 2.43. The molecule has 5 heteroatoms. The molecule has 2 nitrogen and oxygen atoms in total. The molecule has 0 fully saturated rings. The quantitative estimate of drug-likeness (QED) is 0.825. The second-order valence-corrected chi connectivity index (χ2v) is 3.67. The van der Waals surface area contributed by atoms with Gasteiger partial charge in [0.1, 0.15) is 5.82 Å². The Morgan fingerprint density at radius 3 is 2.47 bits per heavy atom. The number of benzene rings is 1. The van der Waals surface area contributed by atoms with E-state index < -0.39 is 17.5 Å². The van der Waals surface area contributed by atoms with Gasteiger partial charge in [0, 0.05) is 17.7 Å². The summed E-state index contributed by atoms with van der Waals surface area (Å²) in [6.45, 7) is 1.76. The van der Waals surface area contributed by atoms with Crippen LogP contribution in [0, 0.1) is 17.5 Å². The van der Waals surface area contributed by atoms with Crippen molar-refractivity contribution in [3.8, 4) is 0 Å². The van der Waals surface area contributed by atoms with Gasteiger partial charge < -0.3 is 9.73 Å². The molecule has 1 unspecified atom stereocenters. The van der Waals surface area contributed by atoms with E-state index >= 15 is 0 Å². The zero-order chi connectivity index (χ0) is 12.4. The lowest BCUT2D eigenvalue weighted by Gasteiger charge is -2.14. The van der Waals surface area contributed by atoms with Crippen LogP contribution in [0.5, 0.6) is 0 Å². The van der Waals surface area contributed by atoms with Crippen molar-refractivity contribution in [2.45, 2.75) is 13.0 Å². The van der Waals surface area contributed by atoms with Gasteiger partial charge in [-0.2, -0.15) is 0 Å². The summed E-state index contributed by atoms with van der Waals surface area (Å²) in [6.07, 6.45) is 2.98. The molecule has 17 heavy (non-hydrogen) atoms. The predicted molar refractivity (Wildman–Crippen MR) is 57.1 cm³/mol. The molecule has 2 rings (SSSR count). The zero-order valence-electron chi connectivity index (χ0n) is 9.01. The Balaban J connectivity index is 2.22. The van der Waals surface area contributed by atoms with Crippen molar-refractivity contribution >= 4 is 5.69 Å². The van der Waals surface area contributed by atoms with Gasteiger partial charge in [0.15, 0.2) is 11.6 Å². The van der Waals surface area contributed by atoms with Crippen molar-refractivity contribution in [1.29, 1.82) is 0 Å². The van der Waals surface area contributed by atoms with Crippen molar-refractivity contribution in [2.24, 2.45) is 0 Å². The molecular formula is C12H10F3NO. The van der Waals surface area contributed by atoms with Crippen LogP contribution in [0.2, 0.25) is 0 Å². The number of hydrogen-bond donors (Lipinski definition) is 1. The minimum Gasteiger partial charge on any atom is -0.472 e. The number of anilines is 1. The lowest BCUT2D eigenvalue weighted by molar-refractivity contribution is 0.495. The number of furan rings is 1. The SMILES string of the molecule is CC(Nc1cc(F)c(F)cc1F)c1ccoc1. The monoisotopic (exact) mass is 241 g/mol. The second kappa shape index (κ2) is 4.53. The third-order valence-electron chi connectivity index (χ3n) is 2.43. The van der Waals surface area contributed by atoms with Gasteiger partial charge in [-0.1, -0.05) is 0 Å². The van der Waals surface area contributed by atoms with Crippen LogP contribution >= 0.6 is 0 Å². The largest absolute Gasteiger partial charge is 0.472 e. The van der Waals surface area contributed by atoms with Gasteiger partial charge in [0.05, 0.1) is 24.3 Å².